The van der Waals surface area contributed by atoms with Crippen LogP contribution < -0.4 is 5.73 Å². The van der Waals surface area contributed by atoms with Crippen LogP contribution in [0.4, 0.5) is 5.69 Å². The Morgan fingerprint density at radius 3 is 2.88 bits per heavy atom. The summed E-state index contributed by atoms with van der Waals surface area (Å²) in [5.74, 6) is 0. The van der Waals surface area contributed by atoms with Crippen molar-refractivity contribution in [2.45, 2.75) is 23.8 Å². The van der Waals surface area contributed by atoms with E-state index in [1.165, 1.54) is 16.4 Å². The molecular weight excluding hydrogens is 240 g/mol. The lowest BCUT2D eigenvalue weighted by Crippen LogP contribution is -2.37. The van der Waals surface area contributed by atoms with Crippen LogP contribution in [-0.2, 0) is 10.0 Å². The van der Waals surface area contributed by atoms with Crippen molar-refractivity contribution in [1.29, 1.82) is 0 Å². The van der Waals surface area contributed by atoms with E-state index in [0.717, 1.165) is 6.42 Å². The molecule has 17 heavy (non-hydrogen) atoms. The van der Waals surface area contributed by atoms with Crippen LogP contribution in [0.15, 0.2) is 29.2 Å². The van der Waals surface area contributed by atoms with Gasteiger partial charge in [0, 0.05) is 18.3 Å². The molecule has 1 atom stereocenters. The van der Waals surface area contributed by atoms with E-state index in [2.05, 4.69) is 0 Å². The second-order valence-corrected chi connectivity index (χ2v) is 6.06. The quantitative estimate of drug-likeness (QED) is 0.767. The first-order valence-electron chi connectivity index (χ1n) is 5.54. The third kappa shape index (κ3) is 2.29. The predicted octanol–water partition coefficient (Wildman–Crippen LogP) is 0.414. The molecule has 0 unspecified atom stereocenters. The number of nitrogen functional groups attached to an aromatic ring is 1. The summed E-state index contributed by atoms with van der Waals surface area (Å²) in [6.45, 7) is 0.323. The highest BCUT2D eigenvalue weighted by Gasteiger charge is 2.34. The van der Waals surface area contributed by atoms with Crippen molar-refractivity contribution >= 4 is 15.7 Å². The minimum atomic E-state index is -3.53. The first kappa shape index (κ1) is 12.3. The minimum Gasteiger partial charge on any atom is -0.399 e. The second-order valence-electron chi connectivity index (χ2n) is 4.17. The summed E-state index contributed by atoms with van der Waals surface area (Å²) < 4.78 is 26.0. The van der Waals surface area contributed by atoms with Gasteiger partial charge in [-0.3, -0.25) is 0 Å². The predicted molar refractivity (Wildman–Crippen MR) is 64.9 cm³/mol. The van der Waals surface area contributed by atoms with Gasteiger partial charge in [0.25, 0.3) is 0 Å². The number of sulfonamides is 1. The standard InChI is InChI=1S/C11H16N2O3S/c12-9-3-1-5-11(7-9)17(15,16)13-6-2-4-10(13)8-14/h1,3,5,7,10,14H,2,4,6,8,12H2/t10-/m1/s1. The number of rotatable bonds is 3. The van der Waals surface area contributed by atoms with Crippen LogP contribution >= 0.6 is 0 Å². The topological polar surface area (TPSA) is 83.6 Å². The van der Waals surface area contributed by atoms with Gasteiger partial charge in [0.1, 0.15) is 0 Å². The molecule has 0 saturated carbocycles. The Kier molecular flexibility index (Phi) is 3.37. The molecule has 0 radical (unpaired) electrons. The Morgan fingerprint density at radius 1 is 1.47 bits per heavy atom. The van der Waals surface area contributed by atoms with E-state index in [0.29, 0.717) is 18.7 Å². The number of benzene rings is 1. The van der Waals surface area contributed by atoms with Gasteiger partial charge in [-0.25, -0.2) is 8.42 Å². The molecule has 1 saturated heterocycles. The molecule has 6 heteroatoms. The molecule has 2 rings (SSSR count). The smallest absolute Gasteiger partial charge is 0.243 e. The Labute approximate surface area is 101 Å². The SMILES string of the molecule is Nc1cccc(S(=O)(=O)N2CCC[C@@H]2CO)c1. The highest BCUT2D eigenvalue weighted by molar-refractivity contribution is 7.89. The number of nitrogens with two attached hydrogens (primary N) is 1. The van der Waals surface area contributed by atoms with Gasteiger partial charge in [-0.15, -0.1) is 0 Å². The number of nitrogens with zero attached hydrogens (tertiary/aromatic N) is 1. The molecule has 3 N–H and O–H groups in total. The van der Waals surface area contributed by atoms with Gasteiger partial charge in [0.15, 0.2) is 0 Å². The van der Waals surface area contributed by atoms with E-state index in [4.69, 9.17) is 5.73 Å². The maximum absolute atomic E-state index is 12.3. The van der Waals surface area contributed by atoms with Crippen LogP contribution in [0.5, 0.6) is 0 Å². The van der Waals surface area contributed by atoms with Crippen molar-refractivity contribution in [3.8, 4) is 0 Å². The van der Waals surface area contributed by atoms with Crippen LogP contribution in [0.1, 0.15) is 12.8 Å². The van der Waals surface area contributed by atoms with E-state index >= 15 is 0 Å². The fourth-order valence-electron chi connectivity index (χ4n) is 2.12. The summed E-state index contributed by atoms with van der Waals surface area (Å²) in [5.41, 5.74) is 6.01. The molecular formula is C11H16N2O3S. The summed E-state index contributed by atoms with van der Waals surface area (Å²) in [4.78, 5) is 0.192. The molecule has 94 valence electrons. The van der Waals surface area contributed by atoms with Crippen LogP contribution in [-0.4, -0.2) is 37.0 Å². The molecule has 0 aliphatic carbocycles. The van der Waals surface area contributed by atoms with Crippen molar-refractivity contribution in [3.63, 3.8) is 0 Å². The first-order chi connectivity index (χ1) is 8.05. The zero-order chi connectivity index (χ0) is 12.5. The average Bonchev–Trinajstić information content (AvgIpc) is 2.77. The van der Waals surface area contributed by atoms with Gasteiger partial charge in [0.2, 0.25) is 10.0 Å². The third-order valence-electron chi connectivity index (χ3n) is 3.00. The molecule has 5 nitrogen and oxygen atoms in total. The largest absolute Gasteiger partial charge is 0.399 e. The first-order valence-corrected chi connectivity index (χ1v) is 6.98. The lowest BCUT2D eigenvalue weighted by Gasteiger charge is -2.22. The second kappa shape index (κ2) is 4.64. The van der Waals surface area contributed by atoms with Crippen molar-refractivity contribution in [2.75, 3.05) is 18.9 Å². The monoisotopic (exact) mass is 256 g/mol. The maximum atomic E-state index is 12.3. The van der Waals surface area contributed by atoms with Gasteiger partial charge in [-0.2, -0.15) is 4.31 Å². The van der Waals surface area contributed by atoms with Gasteiger partial charge < -0.3 is 10.8 Å². The molecule has 1 fully saturated rings. The number of aliphatic hydroxyl groups is 1. The molecule has 1 aromatic carbocycles. The average molecular weight is 256 g/mol. The van der Waals surface area contributed by atoms with E-state index in [9.17, 15) is 13.5 Å². The highest BCUT2D eigenvalue weighted by atomic mass is 32.2. The molecule has 0 bridgehead atoms. The molecule has 0 amide bonds. The number of hydrogen-bond donors (Lipinski definition) is 2. The zero-order valence-electron chi connectivity index (χ0n) is 9.41. The number of aliphatic hydroxyl groups excluding tert-OH is 1. The van der Waals surface area contributed by atoms with E-state index in [-0.39, 0.29) is 17.5 Å². The third-order valence-corrected chi connectivity index (χ3v) is 4.95. The fraction of sp³-hybridized carbons (Fsp3) is 0.455. The Balaban J connectivity index is 2.36. The van der Waals surface area contributed by atoms with Gasteiger partial charge in [0.05, 0.1) is 11.5 Å². The Hall–Kier alpha value is -1.11. The minimum absolute atomic E-state index is 0.137. The van der Waals surface area contributed by atoms with Crippen LogP contribution in [0.2, 0.25) is 0 Å². The summed E-state index contributed by atoms with van der Waals surface area (Å²) in [7, 11) is -3.53. The summed E-state index contributed by atoms with van der Waals surface area (Å²) in [6.07, 6.45) is 1.49. The molecule has 1 aliphatic heterocycles. The van der Waals surface area contributed by atoms with E-state index in [1.807, 2.05) is 0 Å². The number of hydrogen-bond acceptors (Lipinski definition) is 4. The zero-order valence-corrected chi connectivity index (χ0v) is 10.2. The van der Waals surface area contributed by atoms with Gasteiger partial charge in [-0.1, -0.05) is 6.07 Å². The van der Waals surface area contributed by atoms with Crippen molar-refractivity contribution in [2.24, 2.45) is 0 Å². The molecule has 1 heterocycles. The Bertz CT molecular complexity index is 501. The molecule has 0 aromatic heterocycles. The van der Waals surface area contributed by atoms with Crippen molar-refractivity contribution in [3.05, 3.63) is 24.3 Å². The van der Waals surface area contributed by atoms with Crippen LogP contribution in [0.25, 0.3) is 0 Å². The van der Waals surface area contributed by atoms with Crippen molar-refractivity contribution < 1.29 is 13.5 Å². The van der Waals surface area contributed by atoms with Gasteiger partial charge >= 0.3 is 0 Å². The van der Waals surface area contributed by atoms with Gasteiger partial charge in [-0.05, 0) is 31.0 Å². The van der Waals surface area contributed by atoms with Crippen LogP contribution in [0.3, 0.4) is 0 Å². The molecule has 1 aliphatic rings. The molecule has 0 spiro atoms. The molecule has 1 aromatic rings. The highest BCUT2D eigenvalue weighted by Crippen LogP contribution is 2.26. The lowest BCUT2D eigenvalue weighted by atomic mass is 10.2. The lowest BCUT2D eigenvalue weighted by molar-refractivity contribution is 0.213. The van der Waals surface area contributed by atoms with E-state index < -0.39 is 10.0 Å². The number of anilines is 1. The van der Waals surface area contributed by atoms with Crippen molar-refractivity contribution in [1.82, 2.24) is 4.31 Å². The normalized spacial score (nSPS) is 21.8. The summed E-state index contributed by atoms with van der Waals surface area (Å²) >= 11 is 0. The van der Waals surface area contributed by atoms with E-state index in [1.54, 1.807) is 12.1 Å². The summed E-state index contributed by atoms with van der Waals surface area (Å²) in [5, 5.41) is 9.17. The summed E-state index contributed by atoms with van der Waals surface area (Å²) in [6, 6.07) is 5.93. The fourth-order valence-corrected chi connectivity index (χ4v) is 3.86. The Morgan fingerprint density at radius 2 is 2.24 bits per heavy atom. The maximum Gasteiger partial charge on any atom is 0.243 e. The van der Waals surface area contributed by atoms with Crippen LogP contribution in [0, 0.1) is 0 Å².